The molecule has 0 saturated heterocycles. The van der Waals surface area contributed by atoms with Gasteiger partial charge in [-0.2, -0.15) is 0 Å². The van der Waals surface area contributed by atoms with Crippen LogP contribution in [0.1, 0.15) is 33.1 Å². The molecule has 3 nitrogen and oxygen atoms in total. The van der Waals surface area contributed by atoms with Crippen molar-refractivity contribution in [2.75, 3.05) is 19.7 Å². The van der Waals surface area contributed by atoms with E-state index >= 15 is 0 Å². The van der Waals surface area contributed by atoms with E-state index in [1.54, 1.807) is 6.92 Å². The summed E-state index contributed by atoms with van der Waals surface area (Å²) >= 11 is 0. The molecule has 0 radical (unpaired) electrons. The first-order valence-electron chi connectivity index (χ1n) is 6.19. The van der Waals surface area contributed by atoms with Gasteiger partial charge in [0.05, 0.1) is 6.61 Å². The predicted molar refractivity (Wildman–Crippen MR) is 65.1 cm³/mol. The Balaban J connectivity index is 2.11. The summed E-state index contributed by atoms with van der Waals surface area (Å²) in [6, 6.07) is 0. The molecule has 0 bridgehead atoms. The van der Waals surface area contributed by atoms with Crippen LogP contribution in [0.25, 0.3) is 0 Å². The minimum Gasteiger partial charge on any atom is -0.463 e. The van der Waals surface area contributed by atoms with Crippen LogP contribution in [0.5, 0.6) is 0 Å². The molecule has 0 heterocycles. The summed E-state index contributed by atoms with van der Waals surface area (Å²) in [7, 11) is 0. The molecule has 2 unspecified atom stereocenters. The van der Waals surface area contributed by atoms with Crippen LogP contribution in [0, 0.1) is 11.8 Å². The third-order valence-corrected chi connectivity index (χ3v) is 3.14. The number of ether oxygens (including phenoxy) is 1. The molecular weight excluding hydrogens is 202 g/mol. The van der Waals surface area contributed by atoms with E-state index in [-0.39, 0.29) is 5.97 Å². The van der Waals surface area contributed by atoms with Crippen LogP contribution >= 0.6 is 0 Å². The molecule has 0 aromatic carbocycles. The van der Waals surface area contributed by atoms with Crippen molar-refractivity contribution in [2.45, 2.75) is 33.1 Å². The van der Waals surface area contributed by atoms with Crippen molar-refractivity contribution in [3.05, 3.63) is 12.2 Å². The molecule has 0 spiro atoms. The first-order chi connectivity index (χ1) is 7.63. The van der Waals surface area contributed by atoms with E-state index in [0.717, 1.165) is 18.4 Å². The van der Waals surface area contributed by atoms with E-state index in [1.807, 2.05) is 0 Å². The third-order valence-electron chi connectivity index (χ3n) is 3.14. The highest BCUT2D eigenvalue weighted by Crippen LogP contribution is 2.29. The van der Waals surface area contributed by atoms with Crippen molar-refractivity contribution >= 4 is 5.97 Å². The SMILES string of the molecule is C=C(CNCC1CCC(C)C1)C(=O)OCC. The second-order valence-corrected chi connectivity index (χ2v) is 4.74. The van der Waals surface area contributed by atoms with Gasteiger partial charge in [0, 0.05) is 12.1 Å². The average molecular weight is 225 g/mol. The van der Waals surface area contributed by atoms with Crippen LogP contribution in [0.3, 0.4) is 0 Å². The maximum Gasteiger partial charge on any atom is 0.334 e. The lowest BCUT2D eigenvalue weighted by molar-refractivity contribution is -0.138. The second-order valence-electron chi connectivity index (χ2n) is 4.74. The van der Waals surface area contributed by atoms with Crippen molar-refractivity contribution in [3.8, 4) is 0 Å². The zero-order chi connectivity index (χ0) is 12.0. The zero-order valence-electron chi connectivity index (χ0n) is 10.4. The van der Waals surface area contributed by atoms with Gasteiger partial charge < -0.3 is 10.1 Å². The number of nitrogens with one attached hydrogen (secondary N) is 1. The standard InChI is InChI=1S/C13H23NO2/c1-4-16-13(15)11(3)8-14-9-12-6-5-10(2)7-12/h10,12,14H,3-9H2,1-2H3. The first kappa shape index (κ1) is 13.2. The van der Waals surface area contributed by atoms with Gasteiger partial charge in [0.25, 0.3) is 0 Å². The maximum absolute atomic E-state index is 11.3. The highest BCUT2D eigenvalue weighted by atomic mass is 16.5. The van der Waals surface area contributed by atoms with Gasteiger partial charge in [0.2, 0.25) is 0 Å². The number of carbonyl (C=O) groups excluding carboxylic acids is 1. The summed E-state index contributed by atoms with van der Waals surface area (Å²) < 4.78 is 4.86. The van der Waals surface area contributed by atoms with Gasteiger partial charge in [-0.15, -0.1) is 0 Å². The Labute approximate surface area is 98.2 Å². The lowest BCUT2D eigenvalue weighted by Crippen LogP contribution is -2.26. The maximum atomic E-state index is 11.3. The zero-order valence-corrected chi connectivity index (χ0v) is 10.4. The third kappa shape index (κ3) is 4.35. The Morgan fingerprint density at radius 2 is 2.25 bits per heavy atom. The molecule has 0 aromatic rings. The summed E-state index contributed by atoms with van der Waals surface area (Å²) in [6.45, 7) is 9.77. The molecule has 1 N–H and O–H groups in total. The molecule has 2 atom stereocenters. The van der Waals surface area contributed by atoms with E-state index in [0.29, 0.717) is 18.7 Å². The Morgan fingerprint density at radius 3 is 2.81 bits per heavy atom. The Hall–Kier alpha value is -0.830. The van der Waals surface area contributed by atoms with E-state index in [2.05, 4.69) is 18.8 Å². The van der Waals surface area contributed by atoms with Crippen LogP contribution in [0.15, 0.2) is 12.2 Å². The summed E-state index contributed by atoms with van der Waals surface area (Å²) in [5.41, 5.74) is 0.521. The van der Waals surface area contributed by atoms with Crippen LogP contribution in [0.4, 0.5) is 0 Å². The summed E-state index contributed by atoms with van der Waals surface area (Å²) in [5.74, 6) is 1.35. The van der Waals surface area contributed by atoms with Crippen LogP contribution in [-0.4, -0.2) is 25.7 Å². The van der Waals surface area contributed by atoms with Crippen LogP contribution in [-0.2, 0) is 9.53 Å². The summed E-state index contributed by atoms with van der Waals surface area (Å²) in [6.07, 6.45) is 3.95. The van der Waals surface area contributed by atoms with Crippen LogP contribution < -0.4 is 5.32 Å². The Morgan fingerprint density at radius 1 is 1.50 bits per heavy atom. The van der Waals surface area contributed by atoms with Crippen molar-refractivity contribution in [2.24, 2.45) is 11.8 Å². The van der Waals surface area contributed by atoms with Gasteiger partial charge in [-0.25, -0.2) is 4.79 Å². The molecule has 0 amide bonds. The van der Waals surface area contributed by atoms with Gasteiger partial charge in [-0.05, 0) is 38.1 Å². The minimum absolute atomic E-state index is 0.283. The first-order valence-corrected chi connectivity index (χ1v) is 6.19. The number of esters is 1. The minimum atomic E-state index is -0.283. The molecule has 16 heavy (non-hydrogen) atoms. The Kier molecular flexibility index (Phi) is 5.53. The van der Waals surface area contributed by atoms with Gasteiger partial charge in [0.1, 0.15) is 0 Å². The van der Waals surface area contributed by atoms with Gasteiger partial charge in [-0.1, -0.05) is 19.9 Å². The van der Waals surface area contributed by atoms with Crippen molar-refractivity contribution in [1.82, 2.24) is 5.32 Å². The van der Waals surface area contributed by atoms with Crippen molar-refractivity contribution in [1.29, 1.82) is 0 Å². The van der Waals surface area contributed by atoms with Gasteiger partial charge in [0.15, 0.2) is 0 Å². The second kappa shape index (κ2) is 6.69. The lowest BCUT2D eigenvalue weighted by Gasteiger charge is -2.11. The highest BCUT2D eigenvalue weighted by Gasteiger charge is 2.20. The van der Waals surface area contributed by atoms with Gasteiger partial charge >= 0.3 is 5.97 Å². The molecule has 1 rings (SSSR count). The monoisotopic (exact) mass is 225 g/mol. The normalized spacial score (nSPS) is 24.4. The molecular formula is C13H23NO2. The number of carbonyl (C=O) groups is 1. The molecule has 92 valence electrons. The fourth-order valence-corrected chi connectivity index (χ4v) is 2.24. The molecule has 0 aromatic heterocycles. The Bertz CT molecular complexity index is 250. The van der Waals surface area contributed by atoms with Crippen molar-refractivity contribution < 1.29 is 9.53 Å². The fraction of sp³-hybridized carbons (Fsp3) is 0.769. The van der Waals surface area contributed by atoms with Crippen LogP contribution in [0.2, 0.25) is 0 Å². The summed E-state index contributed by atoms with van der Waals surface area (Å²) in [5, 5.41) is 3.29. The quantitative estimate of drug-likeness (QED) is 0.556. The van der Waals surface area contributed by atoms with E-state index < -0.39 is 0 Å². The topological polar surface area (TPSA) is 38.3 Å². The molecule has 1 saturated carbocycles. The van der Waals surface area contributed by atoms with Crippen molar-refractivity contribution in [3.63, 3.8) is 0 Å². The molecule has 1 aliphatic carbocycles. The number of hydrogen-bond donors (Lipinski definition) is 1. The fourth-order valence-electron chi connectivity index (χ4n) is 2.24. The molecule has 3 heteroatoms. The molecule has 1 aliphatic rings. The van der Waals surface area contributed by atoms with E-state index in [9.17, 15) is 4.79 Å². The van der Waals surface area contributed by atoms with Gasteiger partial charge in [-0.3, -0.25) is 0 Å². The number of rotatable bonds is 6. The van der Waals surface area contributed by atoms with E-state index in [4.69, 9.17) is 4.74 Å². The average Bonchev–Trinajstić information content (AvgIpc) is 2.64. The predicted octanol–water partition coefficient (Wildman–Crippen LogP) is 2.13. The highest BCUT2D eigenvalue weighted by molar-refractivity contribution is 5.88. The largest absolute Gasteiger partial charge is 0.463 e. The van der Waals surface area contributed by atoms with E-state index in [1.165, 1.54) is 19.3 Å². The smallest absolute Gasteiger partial charge is 0.334 e. The number of hydrogen-bond acceptors (Lipinski definition) is 3. The molecule has 1 fully saturated rings. The summed E-state index contributed by atoms with van der Waals surface area (Å²) in [4.78, 5) is 11.3. The lowest BCUT2D eigenvalue weighted by atomic mass is 10.1. The molecule has 0 aliphatic heterocycles.